The molecule has 1 aromatic heterocycles. The molecule has 1 aliphatic heterocycles. The second-order valence-electron chi connectivity index (χ2n) is 3.63. The second kappa shape index (κ2) is 5.37. The average Bonchev–Trinajstić information content (AvgIpc) is 2.63. The minimum absolute atomic E-state index is 0.0386. The Balaban J connectivity index is 2.21. The van der Waals surface area contributed by atoms with E-state index in [4.69, 9.17) is 22.2 Å². The van der Waals surface area contributed by atoms with Crippen molar-refractivity contribution in [3.05, 3.63) is 16.9 Å². The van der Waals surface area contributed by atoms with Crippen LogP contribution in [0, 0.1) is 0 Å². The van der Waals surface area contributed by atoms with Crippen molar-refractivity contribution < 1.29 is 4.74 Å². The van der Waals surface area contributed by atoms with Gasteiger partial charge in [-0.2, -0.15) is 16.9 Å². The third-order valence-electron chi connectivity index (χ3n) is 2.63. The Hall–Kier alpha value is -0.270. The fraction of sp³-hybridized carbons (Fsp3) is 0.667. The van der Waals surface area contributed by atoms with Crippen LogP contribution in [0.4, 0.5) is 0 Å². The van der Waals surface area contributed by atoms with Gasteiger partial charge in [0, 0.05) is 18.6 Å². The topological polar surface area (TPSA) is 65.1 Å². The summed E-state index contributed by atoms with van der Waals surface area (Å²) in [5.41, 5.74) is 3.64. The standard InChI is InChI=1S/C9H15ClN4OS/c1-14-9(6(10)4-12-14)8(13-11)7-5-16-3-2-15-7/h4,7-8,13H,2-3,5,11H2,1H3. The number of rotatable bonds is 3. The molecule has 0 aromatic carbocycles. The molecule has 2 unspecified atom stereocenters. The Morgan fingerprint density at radius 3 is 3.12 bits per heavy atom. The minimum Gasteiger partial charge on any atom is -0.374 e. The lowest BCUT2D eigenvalue weighted by Crippen LogP contribution is -2.42. The molecule has 1 fully saturated rings. The van der Waals surface area contributed by atoms with Crippen LogP contribution in [0.15, 0.2) is 6.20 Å². The van der Waals surface area contributed by atoms with Crippen LogP contribution in [0.2, 0.25) is 5.02 Å². The summed E-state index contributed by atoms with van der Waals surface area (Å²) in [5, 5.41) is 4.72. The maximum atomic E-state index is 6.10. The molecule has 2 rings (SSSR count). The number of hydrogen-bond donors (Lipinski definition) is 2. The summed E-state index contributed by atoms with van der Waals surface area (Å²) in [5.74, 6) is 7.54. The average molecular weight is 263 g/mol. The van der Waals surface area contributed by atoms with Crippen LogP contribution in [0.3, 0.4) is 0 Å². The zero-order valence-corrected chi connectivity index (χ0v) is 10.6. The van der Waals surface area contributed by atoms with Gasteiger partial charge in [0.15, 0.2) is 0 Å². The number of hydrogen-bond acceptors (Lipinski definition) is 5. The van der Waals surface area contributed by atoms with Crippen LogP contribution in [-0.2, 0) is 11.8 Å². The monoisotopic (exact) mass is 262 g/mol. The van der Waals surface area contributed by atoms with Crippen LogP contribution >= 0.6 is 23.4 Å². The fourth-order valence-electron chi connectivity index (χ4n) is 1.83. The highest BCUT2D eigenvalue weighted by Gasteiger charge is 2.29. The summed E-state index contributed by atoms with van der Waals surface area (Å²) in [7, 11) is 1.85. The van der Waals surface area contributed by atoms with Gasteiger partial charge in [0.25, 0.3) is 0 Å². The molecule has 1 saturated heterocycles. The van der Waals surface area contributed by atoms with Crippen molar-refractivity contribution in [1.82, 2.24) is 15.2 Å². The van der Waals surface area contributed by atoms with E-state index in [2.05, 4.69) is 10.5 Å². The SMILES string of the molecule is Cn1ncc(Cl)c1C(NN)C1CSCCO1. The zero-order valence-electron chi connectivity index (χ0n) is 9.02. The summed E-state index contributed by atoms with van der Waals surface area (Å²) < 4.78 is 7.43. The molecular weight excluding hydrogens is 248 g/mol. The fourth-order valence-corrected chi connectivity index (χ4v) is 3.02. The van der Waals surface area contributed by atoms with E-state index in [1.807, 2.05) is 18.8 Å². The van der Waals surface area contributed by atoms with Gasteiger partial charge in [0.2, 0.25) is 0 Å². The smallest absolute Gasteiger partial charge is 0.0913 e. The lowest BCUT2D eigenvalue weighted by molar-refractivity contribution is 0.0447. The Labute approximate surface area is 104 Å². The van der Waals surface area contributed by atoms with Crippen molar-refractivity contribution in [3.8, 4) is 0 Å². The third kappa shape index (κ3) is 2.36. The summed E-state index contributed by atoms with van der Waals surface area (Å²) in [6.07, 6.45) is 1.66. The molecule has 0 radical (unpaired) electrons. The van der Waals surface area contributed by atoms with Crippen molar-refractivity contribution in [1.29, 1.82) is 0 Å². The van der Waals surface area contributed by atoms with Crippen molar-refractivity contribution in [2.45, 2.75) is 12.1 Å². The van der Waals surface area contributed by atoms with Gasteiger partial charge in [-0.05, 0) is 0 Å². The minimum atomic E-state index is -0.118. The van der Waals surface area contributed by atoms with E-state index < -0.39 is 0 Å². The van der Waals surface area contributed by atoms with Gasteiger partial charge in [0.1, 0.15) is 0 Å². The van der Waals surface area contributed by atoms with E-state index in [9.17, 15) is 0 Å². The van der Waals surface area contributed by atoms with E-state index in [0.717, 1.165) is 23.8 Å². The van der Waals surface area contributed by atoms with Gasteiger partial charge >= 0.3 is 0 Å². The summed E-state index contributed by atoms with van der Waals surface area (Å²) in [6, 6.07) is -0.118. The molecule has 90 valence electrons. The van der Waals surface area contributed by atoms with Crippen molar-refractivity contribution in [2.75, 3.05) is 18.1 Å². The van der Waals surface area contributed by atoms with Crippen LogP contribution in [-0.4, -0.2) is 34.0 Å². The summed E-state index contributed by atoms with van der Waals surface area (Å²) >= 11 is 7.96. The van der Waals surface area contributed by atoms with Gasteiger partial charge < -0.3 is 4.74 Å². The van der Waals surface area contributed by atoms with Gasteiger partial charge in [-0.15, -0.1) is 0 Å². The summed E-state index contributed by atoms with van der Waals surface area (Å²) in [6.45, 7) is 0.753. The van der Waals surface area contributed by atoms with Crippen molar-refractivity contribution in [3.63, 3.8) is 0 Å². The van der Waals surface area contributed by atoms with E-state index in [1.54, 1.807) is 10.9 Å². The molecule has 0 saturated carbocycles. The van der Waals surface area contributed by atoms with E-state index in [-0.39, 0.29) is 12.1 Å². The van der Waals surface area contributed by atoms with E-state index in [0.29, 0.717) is 5.02 Å². The number of hydrazine groups is 1. The quantitative estimate of drug-likeness (QED) is 0.621. The van der Waals surface area contributed by atoms with Crippen LogP contribution in [0.5, 0.6) is 0 Å². The largest absolute Gasteiger partial charge is 0.374 e. The molecule has 16 heavy (non-hydrogen) atoms. The van der Waals surface area contributed by atoms with E-state index >= 15 is 0 Å². The van der Waals surface area contributed by atoms with Crippen LogP contribution in [0.1, 0.15) is 11.7 Å². The number of ether oxygens (including phenoxy) is 1. The third-order valence-corrected chi connectivity index (χ3v) is 3.94. The first-order valence-corrected chi connectivity index (χ1v) is 6.60. The molecule has 0 bridgehead atoms. The molecule has 2 atom stereocenters. The summed E-state index contributed by atoms with van der Waals surface area (Å²) in [4.78, 5) is 0. The highest BCUT2D eigenvalue weighted by Crippen LogP contribution is 2.29. The molecule has 0 aliphatic carbocycles. The van der Waals surface area contributed by atoms with Gasteiger partial charge in [-0.3, -0.25) is 10.5 Å². The maximum Gasteiger partial charge on any atom is 0.0913 e. The highest BCUT2D eigenvalue weighted by molar-refractivity contribution is 7.99. The van der Waals surface area contributed by atoms with Gasteiger partial charge in [-0.1, -0.05) is 11.6 Å². The number of aryl methyl sites for hydroxylation is 1. The number of aromatic nitrogens is 2. The number of nitrogens with two attached hydrogens (primary N) is 1. The number of nitrogens with one attached hydrogen (secondary N) is 1. The van der Waals surface area contributed by atoms with Crippen molar-refractivity contribution in [2.24, 2.45) is 12.9 Å². The Morgan fingerprint density at radius 2 is 2.62 bits per heavy atom. The normalized spacial score (nSPS) is 23.3. The zero-order chi connectivity index (χ0) is 11.5. The number of nitrogens with zero attached hydrogens (tertiary/aromatic N) is 2. The Bertz CT molecular complexity index is 334. The molecule has 1 aliphatic rings. The lowest BCUT2D eigenvalue weighted by atomic mass is 10.1. The Kier molecular flexibility index (Phi) is 4.10. The van der Waals surface area contributed by atoms with Gasteiger partial charge in [0.05, 0.1) is 35.7 Å². The molecule has 1 aromatic rings. The van der Waals surface area contributed by atoms with Crippen LogP contribution < -0.4 is 11.3 Å². The highest BCUT2D eigenvalue weighted by atomic mass is 35.5. The van der Waals surface area contributed by atoms with Gasteiger partial charge in [-0.25, -0.2) is 5.43 Å². The maximum absolute atomic E-state index is 6.10. The predicted molar refractivity (Wildman–Crippen MR) is 65.3 cm³/mol. The molecule has 0 spiro atoms. The van der Waals surface area contributed by atoms with Crippen molar-refractivity contribution >= 4 is 23.4 Å². The van der Waals surface area contributed by atoms with E-state index in [1.165, 1.54) is 0 Å². The number of thioether (sulfide) groups is 1. The molecule has 7 heteroatoms. The molecular formula is C9H15ClN4OS. The lowest BCUT2D eigenvalue weighted by Gasteiger charge is -2.29. The first-order valence-electron chi connectivity index (χ1n) is 5.07. The second-order valence-corrected chi connectivity index (χ2v) is 5.19. The predicted octanol–water partition coefficient (Wildman–Crippen LogP) is 0.710. The van der Waals surface area contributed by atoms with Crippen LogP contribution in [0.25, 0.3) is 0 Å². The number of halogens is 1. The molecule has 5 nitrogen and oxygen atoms in total. The Morgan fingerprint density at radius 1 is 1.81 bits per heavy atom. The molecule has 0 amide bonds. The first kappa shape index (κ1) is 12.2. The molecule has 3 N–H and O–H groups in total. The first-order chi connectivity index (χ1) is 7.74. The molecule has 2 heterocycles.